The van der Waals surface area contributed by atoms with Crippen molar-refractivity contribution in [3.63, 3.8) is 0 Å². The van der Waals surface area contributed by atoms with E-state index >= 15 is 0 Å². The molecule has 19 heavy (non-hydrogen) atoms. The third-order valence-corrected chi connectivity index (χ3v) is 3.87. The van der Waals surface area contributed by atoms with Crippen LogP contribution in [0.15, 0.2) is 12.4 Å². The van der Waals surface area contributed by atoms with Gasteiger partial charge in [0.15, 0.2) is 0 Å². The molecule has 1 aliphatic heterocycles. The van der Waals surface area contributed by atoms with Crippen LogP contribution in [0.3, 0.4) is 0 Å². The SMILES string of the molecule is CCN1CCCC(C)(C(=O)NCCn2ccnn2)C1. The Hall–Kier alpha value is -1.43. The highest BCUT2D eigenvalue weighted by Crippen LogP contribution is 2.29. The Kier molecular flexibility index (Phi) is 4.52. The van der Waals surface area contributed by atoms with Gasteiger partial charge < -0.3 is 10.2 Å². The molecular formula is C13H23N5O. The Bertz CT molecular complexity index is 405. The van der Waals surface area contributed by atoms with E-state index in [0.717, 1.165) is 32.5 Å². The summed E-state index contributed by atoms with van der Waals surface area (Å²) in [5, 5.41) is 10.6. The van der Waals surface area contributed by atoms with Crippen LogP contribution in [0, 0.1) is 5.41 Å². The summed E-state index contributed by atoms with van der Waals surface area (Å²) >= 11 is 0. The molecule has 2 rings (SSSR count). The fourth-order valence-electron chi connectivity index (χ4n) is 2.65. The zero-order valence-electron chi connectivity index (χ0n) is 11.8. The molecule has 0 aliphatic carbocycles. The average Bonchev–Trinajstić information content (AvgIpc) is 2.91. The lowest BCUT2D eigenvalue weighted by atomic mass is 9.81. The Balaban J connectivity index is 1.81. The minimum Gasteiger partial charge on any atom is -0.354 e. The molecule has 0 saturated carbocycles. The summed E-state index contributed by atoms with van der Waals surface area (Å²) in [6.45, 7) is 8.47. The Labute approximate surface area is 114 Å². The van der Waals surface area contributed by atoms with Gasteiger partial charge in [0, 0.05) is 19.3 Å². The summed E-state index contributed by atoms with van der Waals surface area (Å²) in [7, 11) is 0. The lowest BCUT2D eigenvalue weighted by molar-refractivity contribution is -0.133. The Morgan fingerprint density at radius 3 is 3.05 bits per heavy atom. The van der Waals surface area contributed by atoms with Gasteiger partial charge in [-0.2, -0.15) is 0 Å². The molecule has 106 valence electrons. The number of hydrogen-bond acceptors (Lipinski definition) is 4. The number of rotatable bonds is 5. The van der Waals surface area contributed by atoms with Gasteiger partial charge in [-0.05, 0) is 32.9 Å². The van der Waals surface area contributed by atoms with Crippen LogP contribution in [0.2, 0.25) is 0 Å². The Morgan fingerprint density at radius 2 is 2.37 bits per heavy atom. The molecule has 1 atom stereocenters. The highest BCUT2D eigenvalue weighted by Gasteiger charge is 2.36. The largest absolute Gasteiger partial charge is 0.354 e. The second kappa shape index (κ2) is 6.14. The van der Waals surface area contributed by atoms with E-state index < -0.39 is 0 Å². The maximum absolute atomic E-state index is 12.3. The molecule has 1 aromatic heterocycles. The molecule has 1 fully saturated rings. The van der Waals surface area contributed by atoms with Crippen molar-refractivity contribution in [3.8, 4) is 0 Å². The van der Waals surface area contributed by atoms with Gasteiger partial charge in [0.05, 0.1) is 18.2 Å². The number of likely N-dealkylation sites (tertiary alicyclic amines) is 1. The van der Waals surface area contributed by atoms with Crippen molar-refractivity contribution < 1.29 is 4.79 Å². The average molecular weight is 265 g/mol. The minimum absolute atomic E-state index is 0.158. The summed E-state index contributed by atoms with van der Waals surface area (Å²) in [4.78, 5) is 14.7. The number of piperidine rings is 1. The van der Waals surface area contributed by atoms with Gasteiger partial charge >= 0.3 is 0 Å². The molecule has 0 aromatic carbocycles. The van der Waals surface area contributed by atoms with Crippen molar-refractivity contribution >= 4 is 5.91 Å². The van der Waals surface area contributed by atoms with E-state index in [1.54, 1.807) is 17.1 Å². The zero-order chi connectivity index (χ0) is 13.7. The fourth-order valence-corrected chi connectivity index (χ4v) is 2.65. The van der Waals surface area contributed by atoms with Crippen LogP contribution < -0.4 is 5.32 Å². The van der Waals surface area contributed by atoms with Crippen molar-refractivity contribution in [3.05, 3.63) is 12.4 Å². The molecule has 1 aromatic rings. The first-order valence-corrected chi connectivity index (χ1v) is 6.99. The van der Waals surface area contributed by atoms with E-state index in [2.05, 4.69) is 34.4 Å². The van der Waals surface area contributed by atoms with Crippen molar-refractivity contribution in [1.29, 1.82) is 0 Å². The van der Waals surface area contributed by atoms with E-state index in [1.807, 2.05) is 0 Å². The maximum Gasteiger partial charge on any atom is 0.227 e. The first-order valence-electron chi connectivity index (χ1n) is 6.99. The Morgan fingerprint density at radius 1 is 1.53 bits per heavy atom. The first-order chi connectivity index (χ1) is 9.14. The van der Waals surface area contributed by atoms with Gasteiger partial charge in [-0.3, -0.25) is 9.48 Å². The second-order valence-corrected chi connectivity index (χ2v) is 5.46. The summed E-state index contributed by atoms with van der Waals surface area (Å²) in [5.41, 5.74) is -0.253. The monoisotopic (exact) mass is 265 g/mol. The van der Waals surface area contributed by atoms with Crippen LogP contribution in [0.5, 0.6) is 0 Å². The van der Waals surface area contributed by atoms with Crippen molar-refractivity contribution in [2.45, 2.75) is 33.2 Å². The minimum atomic E-state index is -0.253. The van der Waals surface area contributed by atoms with E-state index in [0.29, 0.717) is 13.1 Å². The van der Waals surface area contributed by atoms with E-state index in [-0.39, 0.29) is 11.3 Å². The topological polar surface area (TPSA) is 63.1 Å². The summed E-state index contributed by atoms with van der Waals surface area (Å²) in [5.74, 6) is 0.158. The van der Waals surface area contributed by atoms with Crippen LogP contribution in [0.1, 0.15) is 26.7 Å². The predicted molar refractivity (Wildman–Crippen MR) is 72.5 cm³/mol. The van der Waals surface area contributed by atoms with Gasteiger partial charge in [-0.15, -0.1) is 5.10 Å². The molecule has 1 unspecified atom stereocenters. The third-order valence-electron chi connectivity index (χ3n) is 3.87. The summed E-state index contributed by atoms with van der Waals surface area (Å²) < 4.78 is 1.72. The molecule has 1 saturated heterocycles. The van der Waals surface area contributed by atoms with E-state index in [9.17, 15) is 4.79 Å². The molecule has 2 heterocycles. The molecule has 1 aliphatic rings. The standard InChI is InChI=1S/C13H23N5O/c1-3-17-8-4-5-13(2,11-17)12(19)14-6-9-18-10-7-15-16-18/h7,10H,3-6,8-9,11H2,1-2H3,(H,14,19). The van der Waals surface area contributed by atoms with Gasteiger partial charge in [-0.25, -0.2) is 0 Å². The van der Waals surface area contributed by atoms with Crippen molar-refractivity contribution in [2.24, 2.45) is 5.41 Å². The summed E-state index contributed by atoms with van der Waals surface area (Å²) in [6, 6.07) is 0. The molecule has 0 radical (unpaired) electrons. The number of carbonyl (C=O) groups is 1. The van der Waals surface area contributed by atoms with Crippen LogP contribution in [-0.2, 0) is 11.3 Å². The first kappa shape index (κ1) is 14.0. The number of nitrogens with zero attached hydrogens (tertiary/aromatic N) is 4. The third kappa shape index (κ3) is 3.53. The molecule has 1 amide bonds. The van der Waals surface area contributed by atoms with E-state index in [4.69, 9.17) is 0 Å². The van der Waals surface area contributed by atoms with Crippen molar-refractivity contribution in [1.82, 2.24) is 25.2 Å². The fraction of sp³-hybridized carbons (Fsp3) is 0.769. The zero-order valence-corrected chi connectivity index (χ0v) is 11.8. The number of aromatic nitrogens is 3. The van der Waals surface area contributed by atoms with E-state index in [1.165, 1.54) is 0 Å². The maximum atomic E-state index is 12.3. The molecule has 6 nitrogen and oxygen atoms in total. The molecule has 0 spiro atoms. The van der Waals surface area contributed by atoms with Gasteiger partial charge in [0.1, 0.15) is 0 Å². The normalized spacial score (nSPS) is 24.3. The molecule has 6 heteroatoms. The van der Waals surface area contributed by atoms with Crippen LogP contribution in [0.25, 0.3) is 0 Å². The highest BCUT2D eigenvalue weighted by molar-refractivity contribution is 5.82. The van der Waals surface area contributed by atoms with Crippen LogP contribution in [-0.4, -0.2) is 52.0 Å². The number of amides is 1. The number of carbonyl (C=O) groups excluding carboxylic acids is 1. The lowest BCUT2D eigenvalue weighted by Gasteiger charge is -2.38. The van der Waals surface area contributed by atoms with Crippen molar-refractivity contribution in [2.75, 3.05) is 26.2 Å². The van der Waals surface area contributed by atoms with Crippen LogP contribution in [0.4, 0.5) is 0 Å². The summed E-state index contributed by atoms with van der Waals surface area (Å²) in [6.07, 6.45) is 5.51. The lowest BCUT2D eigenvalue weighted by Crippen LogP contribution is -2.50. The number of hydrogen-bond donors (Lipinski definition) is 1. The van der Waals surface area contributed by atoms with Crippen LogP contribution >= 0.6 is 0 Å². The van der Waals surface area contributed by atoms with Gasteiger partial charge in [0.25, 0.3) is 0 Å². The predicted octanol–water partition coefficient (Wildman–Crippen LogP) is 0.516. The molecule has 0 bridgehead atoms. The number of nitrogens with one attached hydrogen (secondary N) is 1. The molecule has 1 N–H and O–H groups in total. The van der Waals surface area contributed by atoms with Gasteiger partial charge in [-0.1, -0.05) is 12.1 Å². The molecular weight excluding hydrogens is 242 g/mol. The smallest absolute Gasteiger partial charge is 0.227 e. The second-order valence-electron chi connectivity index (χ2n) is 5.46. The highest BCUT2D eigenvalue weighted by atomic mass is 16.2. The van der Waals surface area contributed by atoms with Gasteiger partial charge in [0.2, 0.25) is 5.91 Å². The quantitative estimate of drug-likeness (QED) is 0.843.